The smallest absolute Gasteiger partial charge is 0.00698 e. The van der Waals surface area contributed by atoms with Crippen LogP contribution in [-0.4, -0.2) is 30.3 Å². The van der Waals surface area contributed by atoms with Crippen LogP contribution < -0.4 is 0 Å². The molecular weight excluding hydrogens is 166 g/mol. The summed E-state index contributed by atoms with van der Waals surface area (Å²) in [6.45, 7) is 8.49. The van der Waals surface area contributed by atoms with Crippen molar-refractivity contribution < 1.29 is 0 Å². The molecule has 2 heteroatoms. The van der Waals surface area contributed by atoms with E-state index < -0.39 is 0 Å². The van der Waals surface area contributed by atoms with Gasteiger partial charge in [-0.05, 0) is 37.8 Å². The molecule has 0 aliphatic carbocycles. The third kappa shape index (κ3) is 3.36. The fourth-order valence-electron chi connectivity index (χ4n) is 1.84. The average Bonchev–Trinajstić information content (AvgIpc) is 2.14. The normalized spacial score (nSPS) is 25.2. The molecule has 1 fully saturated rings. The maximum atomic E-state index is 4.27. The van der Waals surface area contributed by atoms with Crippen molar-refractivity contribution in [2.75, 3.05) is 25.4 Å². The van der Waals surface area contributed by atoms with Gasteiger partial charge in [0.15, 0.2) is 0 Å². The number of likely N-dealkylation sites (tertiary alicyclic amines) is 1. The van der Waals surface area contributed by atoms with Gasteiger partial charge in [-0.15, -0.1) is 0 Å². The first-order valence-electron chi connectivity index (χ1n) is 4.97. The number of thiol groups is 1. The lowest BCUT2D eigenvalue weighted by Crippen LogP contribution is -2.27. The highest BCUT2D eigenvalue weighted by molar-refractivity contribution is 7.80. The SMILES string of the molecule is CC1(C)CCCN(CCS)CC1. The van der Waals surface area contributed by atoms with Crippen molar-refractivity contribution >= 4 is 12.6 Å². The molecule has 0 radical (unpaired) electrons. The second-order valence-corrected chi connectivity index (χ2v) is 5.03. The first-order chi connectivity index (χ1) is 5.64. The Balaban J connectivity index is 2.34. The lowest BCUT2D eigenvalue weighted by atomic mass is 9.85. The first-order valence-corrected chi connectivity index (χ1v) is 5.60. The summed E-state index contributed by atoms with van der Waals surface area (Å²) in [5, 5.41) is 0. The molecule has 72 valence electrons. The number of hydrogen-bond donors (Lipinski definition) is 1. The molecule has 0 unspecified atom stereocenters. The zero-order chi connectivity index (χ0) is 9.03. The maximum absolute atomic E-state index is 4.27. The van der Waals surface area contributed by atoms with Gasteiger partial charge in [-0.25, -0.2) is 0 Å². The minimum absolute atomic E-state index is 0.575. The number of nitrogens with zero attached hydrogens (tertiary/aromatic N) is 1. The van der Waals surface area contributed by atoms with Crippen LogP contribution in [0.25, 0.3) is 0 Å². The summed E-state index contributed by atoms with van der Waals surface area (Å²) >= 11 is 4.27. The second kappa shape index (κ2) is 4.52. The van der Waals surface area contributed by atoms with Crippen molar-refractivity contribution in [3.8, 4) is 0 Å². The monoisotopic (exact) mass is 187 g/mol. The minimum atomic E-state index is 0.575. The topological polar surface area (TPSA) is 3.24 Å². The Morgan fingerprint density at radius 2 is 2.00 bits per heavy atom. The molecule has 1 heterocycles. The summed E-state index contributed by atoms with van der Waals surface area (Å²) in [6, 6.07) is 0. The van der Waals surface area contributed by atoms with Crippen LogP contribution in [0.5, 0.6) is 0 Å². The van der Waals surface area contributed by atoms with E-state index in [1.807, 2.05) is 0 Å². The Morgan fingerprint density at radius 3 is 2.67 bits per heavy atom. The predicted molar refractivity (Wildman–Crippen MR) is 57.9 cm³/mol. The summed E-state index contributed by atoms with van der Waals surface area (Å²) in [7, 11) is 0. The zero-order valence-electron chi connectivity index (χ0n) is 8.34. The van der Waals surface area contributed by atoms with Crippen LogP contribution in [0.3, 0.4) is 0 Å². The Morgan fingerprint density at radius 1 is 1.25 bits per heavy atom. The molecule has 0 N–H and O–H groups in total. The van der Waals surface area contributed by atoms with Crippen LogP contribution in [0.15, 0.2) is 0 Å². The van der Waals surface area contributed by atoms with Gasteiger partial charge in [0.1, 0.15) is 0 Å². The Kier molecular flexibility index (Phi) is 3.91. The quantitative estimate of drug-likeness (QED) is 0.650. The van der Waals surface area contributed by atoms with Gasteiger partial charge in [-0.2, -0.15) is 12.6 Å². The van der Waals surface area contributed by atoms with Gasteiger partial charge in [0.25, 0.3) is 0 Å². The molecule has 1 rings (SSSR count). The van der Waals surface area contributed by atoms with Crippen LogP contribution in [0.4, 0.5) is 0 Å². The molecule has 0 aromatic rings. The summed E-state index contributed by atoms with van der Waals surface area (Å²) < 4.78 is 0. The van der Waals surface area contributed by atoms with E-state index in [0.717, 1.165) is 5.75 Å². The molecule has 1 aliphatic heterocycles. The third-order valence-corrected chi connectivity index (χ3v) is 3.05. The molecular formula is C10H21NS. The fourth-order valence-corrected chi connectivity index (χ4v) is 2.13. The Bertz CT molecular complexity index is 134. The molecule has 0 aromatic carbocycles. The first kappa shape index (κ1) is 10.4. The van der Waals surface area contributed by atoms with Crippen molar-refractivity contribution in [3.05, 3.63) is 0 Å². The van der Waals surface area contributed by atoms with Gasteiger partial charge >= 0.3 is 0 Å². The highest BCUT2D eigenvalue weighted by Crippen LogP contribution is 2.29. The molecule has 1 aliphatic rings. The van der Waals surface area contributed by atoms with Crippen molar-refractivity contribution in [2.45, 2.75) is 33.1 Å². The zero-order valence-corrected chi connectivity index (χ0v) is 9.24. The molecule has 12 heavy (non-hydrogen) atoms. The van der Waals surface area contributed by atoms with Crippen LogP contribution in [-0.2, 0) is 0 Å². The van der Waals surface area contributed by atoms with Crippen molar-refractivity contribution in [3.63, 3.8) is 0 Å². The van der Waals surface area contributed by atoms with Crippen LogP contribution in [0.1, 0.15) is 33.1 Å². The fraction of sp³-hybridized carbons (Fsp3) is 1.00. The van der Waals surface area contributed by atoms with E-state index in [2.05, 4.69) is 31.4 Å². The maximum Gasteiger partial charge on any atom is 0.00698 e. The van der Waals surface area contributed by atoms with Crippen LogP contribution in [0.2, 0.25) is 0 Å². The molecule has 0 bridgehead atoms. The highest BCUT2D eigenvalue weighted by Gasteiger charge is 2.22. The Hall–Kier alpha value is 0.310. The molecule has 0 atom stereocenters. The summed E-state index contributed by atoms with van der Waals surface area (Å²) in [5.74, 6) is 1.00. The minimum Gasteiger partial charge on any atom is -0.303 e. The van der Waals surface area contributed by atoms with E-state index in [0.29, 0.717) is 5.41 Å². The molecule has 1 nitrogen and oxygen atoms in total. The summed E-state index contributed by atoms with van der Waals surface area (Å²) in [4.78, 5) is 2.54. The second-order valence-electron chi connectivity index (χ2n) is 4.58. The molecule has 0 amide bonds. The van der Waals surface area contributed by atoms with Crippen molar-refractivity contribution in [1.29, 1.82) is 0 Å². The summed E-state index contributed by atoms with van der Waals surface area (Å²) in [6.07, 6.45) is 4.09. The van der Waals surface area contributed by atoms with E-state index in [1.54, 1.807) is 0 Å². The number of rotatable bonds is 2. The van der Waals surface area contributed by atoms with E-state index in [-0.39, 0.29) is 0 Å². The van der Waals surface area contributed by atoms with Gasteiger partial charge in [0.2, 0.25) is 0 Å². The van der Waals surface area contributed by atoms with E-state index >= 15 is 0 Å². The van der Waals surface area contributed by atoms with Crippen LogP contribution in [0, 0.1) is 5.41 Å². The lowest BCUT2D eigenvalue weighted by Gasteiger charge is -2.22. The largest absolute Gasteiger partial charge is 0.303 e. The third-order valence-electron chi connectivity index (χ3n) is 2.85. The van der Waals surface area contributed by atoms with Gasteiger partial charge < -0.3 is 4.90 Å². The van der Waals surface area contributed by atoms with Gasteiger partial charge in [0.05, 0.1) is 0 Å². The number of hydrogen-bond acceptors (Lipinski definition) is 2. The molecule has 0 saturated carbocycles. The lowest BCUT2D eigenvalue weighted by molar-refractivity contribution is 0.274. The average molecular weight is 187 g/mol. The van der Waals surface area contributed by atoms with Gasteiger partial charge in [-0.1, -0.05) is 13.8 Å². The molecule has 0 aromatic heterocycles. The molecule has 0 spiro atoms. The highest BCUT2D eigenvalue weighted by atomic mass is 32.1. The Labute approximate surface area is 81.9 Å². The van der Waals surface area contributed by atoms with Gasteiger partial charge in [0, 0.05) is 12.3 Å². The van der Waals surface area contributed by atoms with Gasteiger partial charge in [-0.3, -0.25) is 0 Å². The van der Waals surface area contributed by atoms with Crippen molar-refractivity contribution in [1.82, 2.24) is 4.90 Å². The van der Waals surface area contributed by atoms with E-state index in [1.165, 1.54) is 38.9 Å². The molecule has 1 saturated heterocycles. The van der Waals surface area contributed by atoms with Crippen LogP contribution >= 0.6 is 12.6 Å². The van der Waals surface area contributed by atoms with Crippen molar-refractivity contribution in [2.24, 2.45) is 5.41 Å². The van der Waals surface area contributed by atoms with E-state index in [9.17, 15) is 0 Å². The summed E-state index contributed by atoms with van der Waals surface area (Å²) in [5.41, 5.74) is 0.575. The standard InChI is InChI=1S/C10H21NS/c1-10(2)4-3-6-11(7-5-10)8-9-12/h12H,3-9H2,1-2H3. The predicted octanol–water partition coefficient (Wildman–Crippen LogP) is 2.43. The van der Waals surface area contributed by atoms with E-state index in [4.69, 9.17) is 0 Å².